The van der Waals surface area contributed by atoms with Gasteiger partial charge in [-0.3, -0.25) is 4.79 Å². The molecule has 3 rings (SSSR count). The Hall–Kier alpha value is -2.53. The molecule has 1 heterocycles. The predicted molar refractivity (Wildman–Crippen MR) is 96.0 cm³/mol. The van der Waals surface area contributed by atoms with Crippen LogP contribution >= 0.6 is 0 Å². The van der Waals surface area contributed by atoms with Crippen LogP contribution in [-0.4, -0.2) is 18.6 Å². The fourth-order valence-electron chi connectivity index (χ4n) is 2.51. The lowest BCUT2D eigenvalue weighted by Gasteiger charge is -2.15. The average molecular weight is 321 g/mol. The first-order valence-electron chi connectivity index (χ1n) is 7.92. The lowest BCUT2D eigenvalue weighted by atomic mass is 9.79. The fourth-order valence-corrected chi connectivity index (χ4v) is 2.51. The monoisotopic (exact) mass is 321 g/mol. The van der Waals surface area contributed by atoms with Gasteiger partial charge in [0.25, 0.3) is 0 Å². The summed E-state index contributed by atoms with van der Waals surface area (Å²) < 4.78 is 11.6. The standard InChI is InChI=1S/C19H20BNO3/c1-14-19(2,3)24-20(23-14)16-10-7-11-17(13-16)21-18(22)12-15-8-5-4-6-9-15/h4-11,13H,1,12H2,2-3H3,(H,21,22). The van der Waals surface area contributed by atoms with E-state index >= 15 is 0 Å². The summed E-state index contributed by atoms with van der Waals surface area (Å²) in [7, 11) is -0.501. The van der Waals surface area contributed by atoms with Crippen molar-refractivity contribution in [1.29, 1.82) is 0 Å². The summed E-state index contributed by atoms with van der Waals surface area (Å²) in [5, 5.41) is 2.91. The van der Waals surface area contributed by atoms with Crippen molar-refractivity contribution in [1.82, 2.24) is 0 Å². The SMILES string of the molecule is C=C1OB(c2cccc(NC(=O)Cc3ccccc3)c2)OC1(C)C. The van der Waals surface area contributed by atoms with E-state index in [9.17, 15) is 4.79 Å². The Labute approximate surface area is 142 Å². The van der Waals surface area contributed by atoms with Crippen molar-refractivity contribution in [2.24, 2.45) is 0 Å². The third-order valence-corrected chi connectivity index (χ3v) is 3.97. The molecule has 4 nitrogen and oxygen atoms in total. The molecule has 0 spiro atoms. The second-order valence-electron chi connectivity index (χ2n) is 6.34. The summed E-state index contributed by atoms with van der Waals surface area (Å²) in [5.74, 6) is 0.544. The Morgan fingerprint density at radius 2 is 1.92 bits per heavy atom. The minimum absolute atomic E-state index is 0.0589. The number of carbonyl (C=O) groups excluding carboxylic acids is 1. The molecule has 0 saturated carbocycles. The quantitative estimate of drug-likeness (QED) is 0.881. The third kappa shape index (κ3) is 3.68. The largest absolute Gasteiger partial charge is 0.563 e. The van der Waals surface area contributed by atoms with Crippen LogP contribution in [0.1, 0.15) is 19.4 Å². The maximum atomic E-state index is 12.2. The van der Waals surface area contributed by atoms with Gasteiger partial charge in [0.15, 0.2) is 0 Å². The molecule has 0 unspecified atom stereocenters. The Kier molecular flexibility index (Phi) is 4.45. The molecule has 5 heteroatoms. The number of rotatable bonds is 4. The fraction of sp³-hybridized carbons (Fsp3) is 0.211. The molecule has 1 aliphatic heterocycles. The van der Waals surface area contributed by atoms with Gasteiger partial charge in [0.2, 0.25) is 5.91 Å². The molecule has 122 valence electrons. The highest BCUT2D eigenvalue weighted by atomic mass is 16.7. The zero-order chi connectivity index (χ0) is 17.2. The van der Waals surface area contributed by atoms with Crippen LogP contribution in [0.4, 0.5) is 5.69 Å². The van der Waals surface area contributed by atoms with Crippen molar-refractivity contribution < 1.29 is 14.1 Å². The number of anilines is 1. The lowest BCUT2D eigenvalue weighted by Crippen LogP contribution is -2.34. The molecule has 1 fully saturated rings. The molecule has 1 saturated heterocycles. The summed E-state index contributed by atoms with van der Waals surface area (Å²) in [6.07, 6.45) is 0.339. The van der Waals surface area contributed by atoms with Crippen LogP contribution in [-0.2, 0) is 20.5 Å². The number of benzene rings is 2. The van der Waals surface area contributed by atoms with E-state index in [2.05, 4.69) is 11.9 Å². The van der Waals surface area contributed by atoms with E-state index in [1.165, 1.54) is 0 Å². The minimum Gasteiger partial charge on any atom is -0.534 e. The molecule has 2 aromatic rings. The summed E-state index contributed by atoms with van der Waals surface area (Å²) in [5.41, 5.74) is 2.03. The van der Waals surface area contributed by atoms with E-state index in [-0.39, 0.29) is 5.91 Å². The molecule has 0 aromatic heterocycles. The molecule has 0 atom stereocenters. The molecule has 1 amide bonds. The second-order valence-corrected chi connectivity index (χ2v) is 6.34. The number of hydrogen-bond donors (Lipinski definition) is 1. The van der Waals surface area contributed by atoms with Gasteiger partial charge in [0.1, 0.15) is 5.60 Å². The van der Waals surface area contributed by atoms with E-state index in [1.54, 1.807) is 0 Å². The van der Waals surface area contributed by atoms with Crippen LogP contribution in [0.5, 0.6) is 0 Å². The molecule has 24 heavy (non-hydrogen) atoms. The molecule has 0 aliphatic carbocycles. The van der Waals surface area contributed by atoms with Crippen LogP contribution in [0.2, 0.25) is 0 Å². The molecule has 0 bridgehead atoms. The average Bonchev–Trinajstić information content (AvgIpc) is 2.82. The molecule has 2 aromatic carbocycles. The Bertz CT molecular complexity index is 758. The van der Waals surface area contributed by atoms with Gasteiger partial charge in [0.05, 0.1) is 12.2 Å². The normalized spacial score (nSPS) is 15.9. The predicted octanol–water partition coefficient (Wildman–Crippen LogP) is 2.90. The van der Waals surface area contributed by atoms with Gasteiger partial charge in [-0.25, -0.2) is 0 Å². The van der Waals surface area contributed by atoms with Crippen molar-refractivity contribution >= 4 is 24.2 Å². The van der Waals surface area contributed by atoms with Gasteiger partial charge < -0.3 is 14.6 Å². The summed E-state index contributed by atoms with van der Waals surface area (Å²) in [6.45, 7) is 7.72. The van der Waals surface area contributed by atoms with Gasteiger partial charge in [0, 0.05) is 5.69 Å². The van der Waals surface area contributed by atoms with Gasteiger partial charge in [-0.1, -0.05) is 49.0 Å². The highest BCUT2D eigenvalue weighted by Crippen LogP contribution is 2.29. The summed E-state index contributed by atoms with van der Waals surface area (Å²) in [4.78, 5) is 12.2. The van der Waals surface area contributed by atoms with Gasteiger partial charge in [-0.05, 0) is 37.0 Å². The summed E-state index contributed by atoms with van der Waals surface area (Å²) in [6, 6.07) is 17.1. The van der Waals surface area contributed by atoms with Gasteiger partial charge >= 0.3 is 7.12 Å². The molecular weight excluding hydrogens is 301 g/mol. The number of hydrogen-bond acceptors (Lipinski definition) is 3. The molecular formula is C19H20BNO3. The van der Waals surface area contributed by atoms with E-state index in [1.807, 2.05) is 68.4 Å². The highest BCUT2D eigenvalue weighted by Gasteiger charge is 2.42. The zero-order valence-corrected chi connectivity index (χ0v) is 13.9. The van der Waals surface area contributed by atoms with Crippen molar-refractivity contribution in [3.63, 3.8) is 0 Å². The lowest BCUT2D eigenvalue weighted by molar-refractivity contribution is -0.115. The first kappa shape index (κ1) is 16.3. The number of nitrogens with one attached hydrogen (secondary N) is 1. The smallest absolute Gasteiger partial charge is 0.534 e. The van der Waals surface area contributed by atoms with Crippen LogP contribution in [0.3, 0.4) is 0 Å². The third-order valence-electron chi connectivity index (χ3n) is 3.97. The van der Waals surface area contributed by atoms with Crippen molar-refractivity contribution in [3.8, 4) is 0 Å². The topological polar surface area (TPSA) is 47.6 Å². The molecule has 1 aliphatic rings. The van der Waals surface area contributed by atoms with Gasteiger partial charge in [-0.2, -0.15) is 0 Å². The molecule has 0 radical (unpaired) electrons. The summed E-state index contributed by atoms with van der Waals surface area (Å²) >= 11 is 0. The Morgan fingerprint density at radius 3 is 2.58 bits per heavy atom. The highest BCUT2D eigenvalue weighted by molar-refractivity contribution is 6.62. The second kappa shape index (κ2) is 6.53. The Morgan fingerprint density at radius 1 is 1.17 bits per heavy atom. The number of carbonyl (C=O) groups is 1. The van der Waals surface area contributed by atoms with Crippen LogP contribution in [0.15, 0.2) is 66.9 Å². The Balaban J connectivity index is 1.68. The van der Waals surface area contributed by atoms with Crippen molar-refractivity contribution in [2.75, 3.05) is 5.32 Å². The van der Waals surface area contributed by atoms with Crippen LogP contribution in [0.25, 0.3) is 0 Å². The zero-order valence-electron chi connectivity index (χ0n) is 13.9. The van der Waals surface area contributed by atoms with Crippen LogP contribution < -0.4 is 10.8 Å². The van der Waals surface area contributed by atoms with Crippen LogP contribution in [0, 0.1) is 0 Å². The molecule has 1 N–H and O–H groups in total. The van der Waals surface area contributed by atoms with E-state index in [0.717, 1.165) is 16.7 Å². The first-order chi connectivity index (χ1) is 11.4. The van der Waals surface area contributed by atoms with Crippen molar-refractivity contribution in [3.05, 3.63) is 72.5 Å². The minimum atomic E-state index is -0.517. The maximum Gasteiger partial charge on any atom is 0.563 e. The van der Waals surface area contributed by atoms with E-state index < -0.39 is 12.7 Å². The van der Waals surface area contributed by atoms with Crippen molar-refractivity contribution in [2.45, 2.75) is 25.9 Å². The van der Waals surface area contributed by atoms with E-state index in [4.69, 9.17) is 9.31 Å². The first-order valence-corrected chi connectivity index (χ1v) is 7.92. The van der Waals surface area contributed by atoms with E-state index in [0.29, 0.717) is 12.2 Å². The number of amides is 1. The van der Waals surface area contributed by atoms with Gasteiger partial charge in [-0.15, -0.1) is 0 Å². The maximum absolute atomic E-state index is 12.2.